The molecule has 1 aromatic rings. The van der Waals surface area contributed by atoms with Crippen molar-refractivity contribution in [2.24, 2.45) is 18.9 Å². The first-order valence-electron chi connectivity index (χ1n) is 10.00. The molecule has 1 saturated carbocycles. The fourth-order valence-corrected chi connectivity index (χ4v) is 4.35. The summed E-state index contributed by atoms with van der Waals surface area (Å²) < 4.78 is 1.77. The van der Waals surface area contributed by atoms with E-state index in [0.29, 0.717) is 37.9 Å². The van der Waals surface area contributed by atoms with E-state index in [1.807, 2.05) is 29.2 Å². The van der Waals surface area contributed by atoms with Gasteiger partial charge < -0.3 is 9.80 Å². The Bertz CT molecular complexity index is 634. The minimum Gasteiger partial charge on any atom is -0.339 e. The molecule has 6 heteroatoms. The third-order valence-electron chi connectivity index (χ3n) is 5.59. The summed E-state index contributed by atoms with van der Waals surface area (Å²) in [5.74, 6) is 0.775. The molecular formula is C20H32N4O2. The summed E-state index contributed by atoms with van der Waals surface area (Å²) in [7, 11) is 1.89. The zero-order valence-corrected chi connectivity index (χ0v) is 16.4. The van der Waals surface area contributed by atoms with Crippen molar-refractivity contribution in [1.29, 1.82) is 0 Å². The van der Waals surface area contributed by atoms with Crippen LogP contribution in [0.3, 0.4) is 0 Å². The number of carbonyl (C=O) groups excluding carboxylic acids is 2. The predicted octanol–water partition coefficient (Wildman–Crippen LogP) is 2.59. The second kappa shape index (κ2) is 8.23. The highest BCUT2D eigenvalue weighted by molar-refractivity contribution is 5.84. The van der Waals surface area contributed by atoms with E-state index in [4.69, 9.17) is 0 Å². The molecular weight excluding hydrogens is 328 g/mol. The molecule has 0 spiro atoms. The van der Waals surface area contributed by atoms with E-state index in [1.54, 1.807) is 4.68 Å². The van der Waals surface area contributed by atoms with Gasteiger partial charge in [0.2, 0.25) is 11.8 Å². The van der Waals surface area contributed by atoms with Crippen LogP contribution in [0, 0.1) is 11.8 Å². The van der Waals surface area contributed by atoms with Crippen molar-refractivity contribution in [2.45, 2.75) is 65.0 Å². The van der Waals surface area contributed by atoms with Gasteiger partial charge >= 0.3 is 0 Å². The van der Waals surface area contributed by atoms with Gasteiger partial charge in [0.1, 0.15) is 0 Å². The average molecular weight is 361 g/mol. The number of nitrogens with zero attached hydrogens (tertiary/aromatic N) is 4. The highest BCUT2D eigenvalue weighted by Gasteiger charge is 2.36. The van der Waals surface area contributed by atoms with Gasteiger partial charge in [0, 0.05) is 50.9 Å². The predicted molar refractivity (Wildman–Crippen MR) is 100 cm³/mol. The topological polar surface area (TPSA) is 58.4 Å². The van der Waals surface area contributed by atoms with Crippen LogP contribution in [-0.2, 0) is 23.2 Å². The zero-order chi connectivity index (χ0) is 18.7. The summed E-state index contributed by atoms with van der Waals surface area (Å²) in [6, 6.07) is 0.356. The molecule has 2 amide bonds. The number of piperidine rings is 1. The van der Waals surface area contributed by atoms with Gasteiger partial charge in [0.15, 0.2) is 0 Å². The molecule has 1 aliphatic heterocycles. The third kappa shape index (κ3) is 4.46. The Kier molecular flexibility index (Phi) is 5.99. The Balaban J connectivity index is 1.69. The SMILES string of the molecule is CC(C)CN(Cc1cnn(C)c1)C(=O)[C@@H]1CCC(=O)N(C2CCCC2)C1. The van der Waals surface area contributed by atoms with E-state index in [9.17, 15) is 9.59 Å². The van der Waals surface area contributed by atoms with Crippen molar-refractivity contribution in [3.63, 3.8) is 0 Å². The molecule has 26 heavy (non-hydrogen) atoms. The molecule has 6 nitrogen and oxygen atoms in total. The van der Waals surface area contributed by atoms with E-state index in [-0.39, 0.29) is 17.7 Å². The quantitative estimate of drug-likeness (QED) is 0.783. The van der Waals surface area contributed by atoms with Gasteiger partial charge in [-0.15, -0.1) is 0 Å². The molecule has 144 valence electrons. The summed E-state index contributed by atoms with van der Waals surface area (Å²) in [6.45, 7) is 6.21. The number of rotatable bonds is 6. The average Bonchev–Trinajstić information content (AvgIpc) is 3.25. The summed E-state index contributed by atoms with van der Waals surface area (Å²) in [6.07, 6.45) is 9.58. The highest BCUT2D eigenvalue weighted by atomic mass is 16.2. The number of carbonyl (C=O) groups is 2. The van der Waals surface area contributed by atoms with Crippen LogP contribution in [0.15, 0.2) is 12.4 Å². The molecule has 0 N–H and O–H groups in total. The Hall–Kier alpha value is -1.85. The van der Waals surface area contributed by atoms with Gasteiger partial charge in [-0.1, -0.05) is 26.7 Å². The van der Waals surface area contributed by atoms with Crippen molar-refractivity contribution in [3.8, 4) is 0 Å². The van der Waals surface area contributed by atoms with Crippen molar-refractivity contribution in [1.82, 2.24) is 19.6 Å². The van der Waals surface area contributed by atoms with Crippen molar-refractivity contribution in [2.75, 3.05) is 13.1 Å². The third-order valence-corrected chi connectivity index (χ3v) is 5.59. The summed E-state index contributed by atoms with van der Waals surface area (Å²) in [4.78, 5) is 29.6. The minimum absolute atomic E-state index is 0.0660. The Labute approximate surface area is 156 Å². The fourth-order valence-electron chi connectivity index (χ4n) is 4.35. The van der Waals surface area contributed by atoms with Crippen LogP contribution in [0.1, 0.15) is 57.9 Å². The van der Waals surface area contributed by atoms with E-state index >= 15 is 0 Å². The first kappa shape index (κ1) is 18.9. The monoisotopic (exact) mass is 360 g/mol. The number of aryl methyl sites for hydroxylation is 1. The van der Waals surface area contributed by atoms with Gasteiger partial charge in [-0.25, -0.2) is 0 Å². The van der Waals surface area contributed by atoms with Crippen molar-refractivity contribution < 1.29 is 9.59 Å². The number of likely N-dealkylation sites (tertiary alicyclic amines) is 1. The summed E-state index contributed by atoms with van der Waals surface area (Å²) in [5, 5.41) is 4.22. The van der Waals surface area contributed by atoms with Crippen LogP contribution in [0.25, 0.3) is 0 Å². The fraction of sp³-hybridized carbons (Fsp3) is 0.750. The maximum atomic E-state index is 13.3. The Morgan fingerprint density at radius 3 is 2.65 bits per heavy atom. The number of aromatic nitrogens is 2. The molecule has 0 radical (unpaired) electrons. The number of amides is 2. The first-order chi connectivity index (χ1) is 12.4. The second-order valence-corrected chi connectivity index (χ2v) is 8.35. The lowest BCUT2D eigenvalue weighted by atomic mass is 9.94. The molecule has 0 aromatic carbocycles. The molecule has 2 fully saturated rings. The standard InChI is InChI=1S/C20H32N4O2/c1-15(2)11-23(13-16-10-21-22(3)12-16)20(26)17-8-9-19(25)24(14-17)18-6-4-5-7-18/h10,12,15,17-18H,4-9,11,13-14H2,1-3H3/t17-/m1/s1. The van der Waals surface area contributed by atoms with E-state index in [2.05, 4.69) is 18.9 Å². The molecule has 0 unspecified atom stereocenters. The summed E-state index contributed by atoms with van der Waals surface area (Å²) in [5.41, 5.74) is 1.06. The molecule has 1 aliphatic carbocycles. The minimum atomic E-state index is -0.0660. The van der Waals surface area contributed by atoms with Crippen LogP contribution in [-0.4, -0.2) is 50.5 Å². The molecule has 0 bridgehead atoms. The van der Waals surface area contributed by atoms with Gasteiger partial charge in [0.05, 0.1) is 12.1 Å². The maximum absolute atomic E-state index is 13.3. The zero-order valence-electron chi connectivity index (χ0n) is 16.4. The van der Waals surface area contributed by atoms with Gasteiger partial charge in [0.25, 0.3) is 0 Å². The highest BCUT2D eigenvalue weighted by Crippen LogP contribution is 2.29. The van der Waals surface area contributed by atoms with Crippen LogP contribution >= 0.6 is 0 Å². The van der Waals surface area contributed by atoms with Crippen LogP contribution in [0.5, 0.6) is 0 Å². The smallest absolute Gasteiger partial charge is 0.227 e. The molecule has 2 heterocycles. The molecule has 3 rings (SSSR count). The van der Waals surface area contributed by atoms with Gasteiger partial charge in [-0.05, 0) is 25.2 Å². The van der Waals surface area contributed by atoms with Crippen LogP contribution in [0.2, 0.25) is 0 Å². The van der Waals surface area contributed by atoms with Gasteiger partial charge in [-0.2, -0.15) is 5.10 Å². The lowest BCUT2D eigenvalue weighted by molar-refractivity contribution is -0.145. The Morgan fingerprint density at radius 2 is 2.04 bits per heavy atom. The molecule has 2 aliphatic rings. The van der Waals surface area contributed by atoms with E-state index in [1.165, 1.54) is 12.8 Å². The molecule has 1 aromatic heterocycles. The van der Waals surface area contributed by atoms with Gasteiger partial charge in [-0.3, -0.25) is 14.3 Å². The Morgan fingerprint density at radius 1 is 1.31 bits per heavy atom. The van der Waals surface area contributed by atoms with E-state index < -0.39 is 0 Å². The lowest BCUT2D eigenvalue weighted by Crippen LogP contribution is -2.50. The number of hydrogen-bond donors (Lipinski definition) is 0. The maximum Gasteiger partial charge on any atom is 0.227 e. The largest absolute Gasteiger partial charge is 0.339 e. The molecule has 1 saturated heterocycles. The number of hydrogen-bond acceptors (Lipinski definition) is 3. The first-order valence-corrected chi connectivity index (χ1v) is 10.00. The van der Waals surface area contributed by atoms with Crippen LogP contribution < -0.4 is 0 Å². The van der Waals surface area contributed by atoms with Crippen molar-refractivity contribution in [3.05, 3.63) is 18.0 Å². The van der Waals surface area contributed by atoms with Crippen molar-refractivity contribution >= 4 is 11.8 Å². The lowest BCUT2D eigenvalue weighted by Gasteiger charge is -2.38. The summed E-state index contributed by atoms with van der Waals surface area (Å²) >= 11 is 0. The normalized spacial score (nSPS) is 21.6. The molecule has 1 atom stereocenters. The van der Waals surface area contributed by atoms with E-state index in [0.717, 1.165) is 24.9 Å². The van der Waals surface area contributed by atoms with Crippen LogP contribution in [0.4, 0.5) is 0 Å². The second-order valence-electron chi connectivity index (χ2n) is 8.35.